The molecule has 1 aliphatic carbocycles. The summed E-state index contributed by atoms with van der Waals surface area (Å²) in [4.78, 5) is 11.4. The van der Waals surface area contributed by atoms with Crippen LogP contribution in [-0.4, -0.2) is 22.1 Å². The Bertz CT molecular complexity index is 357. The molecule has 0 saturated carbocycles. The fourth-order valence-electron chi connectivity index (χ4n) is 1.67. The van der Waals surface area contributed by atoms with Crippen molar-refractivity contribution in [2.75, 3.05) is 0 Å². The summed E-state index contributed by atoms with van der Waals surface area (Å²) in [7, 11) is 0. The van der Waals surface area contributed by atoms with Gasteiger partial charge in [-0.2, -0.15) is 0 Å². The van der Waals surface area contributed by atoms with E-state index in [1.54, 1.807) is 6.07 Å². The third-order valence-corrected chi connectivity index (χ3v) is 2.27. The topological polar surface area (TPSA) is 57.5 Å². The van der Waals surface area contributed by atoms with Gasteiger partial charge in [0, 0.05) is 12.0 Å². The van der Waals surface area contributed by atoms with Crippen LogP contribution in [0.4, 0.5) is 0 Å². The molecule has 1 aromatic rings. The molecule has 2 N–H and O–H groups in total. The molecule has 3 heteroatoms. The van der Waals surface area contributed by atoms with E-state index in [0.717, 1.165) is 5.56 Å². The second-order valence-corrected chi connectivity index (χ2v) is 3.33. The minimum atomic E-state index is -0.596. The molecule has 3 nitrogen and oxygen atoms in total. The molecule has 0 fully saturated rings. The van der Waals surface area contributed by atoms with Gasteiger partial charge in [0.1, 0.15) is 5.75 Å². The lowest BCUT2D eigenvalue weighted by atomic mass is 9.89. The minimum absolute atomic E-state index is 0.0475. The summed E-state index contributed by atoms with van der Waals surface area (Å²) in [6, 6.07) is 4.64. The number of carbonyl (C=O) groups excluding carboxylic acids is 1. The van der Waals surface area contributed by atoms with E-state index in [-0.39, 0.29) is 18.0 Å². The molecule has 0 aliphatic heterocycles. The smallest absolute Gasteiger partial charge is 0.165 e. The zero-order valence-corrected chi connectivity index (χ0v) is 7.03. The van der Waals surface area contributed by atoms with Crippen LogP contribution in [0.5, 0.6) is 5.75 Å². The van der Waals surface area contributed by atoms with E-state index in [1.807, 2.05) is 0 Å². The zero-order chi connectivity index (χ0) is 9.42. The number of rotatable bonds is 0. The second kappa shape index (κ2) is 2.85. The predicted octanol–water partition coefficient (Wildman–Crippen LogP) is 0.882. The number of aliphatic hydroxyl groups excluding tert-OH is 1. The molecule has 68 valence electrons. The van der Waals surface area contributed by atoms with Crippen molar-refractivity contribution in [1.29, 1.82) is 0 Å². The number of hydrogen-bond donors (Lipinski definition) is 2. The Labute approximate surface area is 75.6 Å². The van der Waals surface area contributed by atoms with Gasteiger partial charge < -0.3 is 10.2 Å². The van der Waals surface area contributed by atoms with Crippen LogP contribution in [0, 0.1) is 0 Å². The van der Waals surface area contributed by atoms with Crippen molar-refractivity contribution in [3.8, 4) is 5.75 Å². The first-order valence-electron chi connectivity index (χ1n) is 4.20. The van der Waals surface area contributed by atoms with Crippen LogP contribution >= 0.6 is 0 Å². The normalized spacial score (nSPS) is 21.3. The Morgan fingerprint density at radius 3 is 2.85 bits per heavy atom. The summed E-state index contributed by atoms with van der Waals surface area (Å²) in [6.07, 6.45) is 0.0505. The van der Waals surface area contributed by atoms with Gasteiger partial charge in [-0.15, -0.1) is 0 Å². The molecule has 13 heavy (non-hydrogen) atoms. The Kier molecular flexibility index (Phi) is 1.81. The number of carbonyl (C=O) groups is 1. The molecule has 0 amide bonds. The van der Waals surface area contributed by atoms with Crippen LogP contribution in [0.3, 0.4) is 0 Å². The molecular weight excluding hydrogens is 168 g/mol. The van der Waals surface area contributed by atoms with E-state index in [0.29, 0.717) is 12.0 Å². The summed E-state index contributed by atoms with van der Waals surface area (Å²) in [5.41, 5.74) is 1.37. The maximum Gasteiger partial charge on any atom is 0.165 e. The Morgan fingerprint density at radius 1 is 1.31 bits per heavy atom. The zero-order valence-electron chi connectivity index (χ0n) is 7.03. The van der Waals surface area contributed by atoms with Gasteiger partial charge in [-0.3, -0.25) is 4.79 Å². The predicted molar refractivity (Wildman–Crippen MR) is 46.8 cm³/mol. The van der Waals surface area contributed by atoms with Crippen molar-refractivity contribution in [3.05, 3.63) is 29.3 Å². The molecule has 0 radical (unpaired) electrons. The number of Topliss-reactive ketones (excluding diaryl/α,β-unsaturated/α-hetero) is 1. The van der Waals surface area contributed by atoms with Gasteiger partial charge in [0.15, 0.2) is 5.78 Å². The Morgan fingerprint density at radius 2 is 2.08 bits per heavy atom. The first-order chi connectivity index (χ1) is 6.16. The van der Waals surface area contributed by atoms with Gasteiger partial charge in [-0.25, -0.2) is 0 Å². The molecule has 1 atom stereocenters. The van der Waals surface area contributed by atoms with Crippen LogP contribution < -0.4 is 0 Å². The Hall–Kier alpha value is -1.35. The van der Waals surface area contributed by atoms with Crippen molar-refractivity contribution in [1.82, 2.24) is 0 Å². The number of fused-ring (bicyclic) bond motifs is 1. The molecule has 0 saturated heterocycles. The molecule has 1 aliphatic rings. The van der Waals surface area contributed by atoms with Crippen molar-refractivity contribution in [2.24, 2.45) is 0 Å². The summed E-state index contributed by atoms with van der Waals surface area (Å²) in [6.45, 7) is 0. The highest BCUT2D eigenvalue weighted by Crippen LogP contribution is 2.24. The quantitative estimate of drug-likeness (QED) is 0.620. The van der Waals surface area contributed by atoms with Crippen LogP contribution in [-0.2, 0) is 6.42 Å². The van der Waals surface area contributed by atoms with Crippen molar-refractivity contribution in [2.45, 2.75) is 18.9 Å². The van der Waals surface area contributed by atoms with Crippen LogP contribution in [0.25, 0.3) is 0 Å². The molecule has 1 aromatic carbocycles. The van der Waals surface area contributed by atoms with E-state index < -0.39 is 6.10 Å². The number of hydrogen-bond acceptors (Lipinski definition) is 3. The molecule has 0 spiro atoms. The van der Waals surface area contributed by atoms with Crippen LogP contribution in [0.2, 0.25) is 0 Å². The molecule has 0 aromatic heterocycles. The monoisotopic (exact) mass is 178 g/mol. The highest BCUT2D eigenvalue weighted by atomic mass is 16.3. The largest absolute Gasteiger partial charge is 0.508 e. The van der Waals surface area contributed by atoms with Crippen LogP contribution in [0.15, 0.2) is 18.2 Å². The third kappa shape index (κ3) is 1.42. The first kappa shape index (κ1) is 8.26. The lowest BCUT2D eigenvalue weighted by molar-refractivity contribution is 0.0853. The third-order valence-electron chi connectivity index (χ3n) is 2.27. The summed E-state index contributed by atoms with van der Waals surface area (Å²) in [5, 5.41) is 18.5. The lowest BCUT2D eigenvalue weighted by Crippen LogP contribution is -2.23. The number of phenolic OH excluding ortho intramolecular Hbond substituents is 1. The van der Waals surface area contributed by atoms with Gasteiger partial charge in [0.25, 0.3) is 0 Å². The number of aliphatic hydroxyl groups is 1. The van der Waals surface area contributed by atoms with E-state index in [2.05, 4.69) is 0 Å². The maximum atomic E-state index is 11.4. The van der Waals surface area contributed by atoms with Gasteiger partial charge >= 0.3 is 0 Å². The molecule has 2 rings (SSSR count). The molecule has 1 unspecified atom stereocenters. The van der Waals surface area contributed by atoms with E-state index in [9.17, 15) is 9.90 Å². The summed E-state index contributed by atoms with van der Waals surface area (Å²) < 4.78 is 0. The van der Waals surface area contributed by atoms with Gasteiger partial charge in [0.2, 0.25) is 0 Å². The number of phenols is 1. The van der Waals surface area contributed by atoms with Crippen molar-refractivity contribution >= 4 is 5.78 Å². The van der Waals surface area contributed by atoms with Crippen LogP contribution in [0.1, 0.15) is 22.3 Å². The van der Waals surface area contributed by atoms with Gasteiger partial charge in [0.05, 0.1) is 6.10 Å². The summed E-state index contributed by atoms with van der Waals surface area (Å²) >= 11 is 0. The fraction of sp³-hybridized carbons (Fsp3) is 0.300. The van der Waals surface area contributed by atoms with Gasteiger partial charge in [-0.05, 0) is 30.2 Å². The van der Waals surface area contributed by atoms with E-state index in [1.165, 1.54) is 12.1 Å². The highest BCUT2D eigenvalue weighted by Gasteiger charge is 2.23. The number of aromatic hydroxyl groups is 1. The Balaban J connectivity index is 2.49. The average molecular weight is 178 g/mol. The van der Waals surface area contributed by atoms with Crippen molar-refractivity contribution < 1.29 is 15.0 Å². The van der Waals surface area contributed by atoms with E-state index in [4.69, 9.17) is 5.11 Å². The average Bonchev–Trinajstić information content (AvgIpc) is 2.02. The SMILES string of the molecule is O=C1CC(O)Cc2cc(O)ccc21. The van der Waals surface area contributed by atoms with Gasteiger partial charge in [-0.1, -0.05) is 0 Å². The molecule has 0 heterocycles. The first-order valence-corrected chi connectivity index (χ1v) is 4.20. The highest BCUT2D eigenvalue weighted by molar-refractivity contribution is 5.99. The van der Waals surface area contributed by atoms with Crippen molar-refractivity contribution in [3.63, 3.8) is 0 Å². The molecular formula is C10H10O3. The van der Waals surface area contributed by atoms with E-state index >= 15 is 0 Å². The fourth-order valence-corrected chi connectivity index (χ4v) is 1.67. The minimum Gasteiger partial charge on any atom is -0.508 e. The summed E-state index contributed by atoms with van der Waals surface area (Å²) in [5.74, 6) is 0.0920. The standard InChI is InChI=1S/C10H10O3/c11-7-1-2-9-6(3-7)4-8(12)5-10(9)13/h1-3,8,11-12H,4-5H2. The number of benzene rings is 1. The maximum absolute atomic E-state index is 11.4. The second-order valence-electron chi connectivity index (χ2n) is 3.33. The number of ketones is 1. The molecule has 0 bridgehead atoms. The lowest BCUT2D eigenvalue weighted by Gasteiger charge is -2.19.